The fourth-order valence-corrected chi connectivity index (χ4v) is 2.07. The molecule has 0 fully saturated rings. The maximum atomic E-state index is 11.6. The Kier molecular flexibility index (Phi) is 4.93. The molecule has 2 aromatic heterocycles. The maximum Gasteiger partial charge on any atom is 0.230 e. The summed E-state index contributed by atoms with van der Waals surface area (Å²) in [4.78, 5) is 19.7. The third kappa shape index (κ3) is 4.23. The van der Waals surface area contributed by atoms with Crippen LogP contribution < -0.4 is 10.6 Å². The first-order valence-corrected chi connectivity index (χ1v) is 7.00. The van der Waals surface area contributed by atoms with Crippen LogP contribution in [0.4, 0.5) is 5.95 Å². The van der Waals surface area contributed by atoms with E-state index in [1.165, 1.54) is 18.1 Å². The summed E-state index contributed by atoms with van der Waals surface area (Å²) >= 11 is 1.30. The molecule has 0 spiro atoms. The van der Waals surface area contributed by atoms with Crippen molar-refractivity contribution in [3.8, 4) is 0 Å². The molecule has 0 saturated heterocycles. The van der Waals surface area contributed by atoms with Crippen molar-refractivity contribution in [1.29, 1.82) is 0 Å². The number of hydrogen-bond acceptors (Lipinski definition) is 7. The quantitative estimate of drug-likeness (QED) is 0.469. The first-order valence-electron chi connectivity index (χ1n) is 6.01. The smallest absolute Gasteiger partial charge is 0.230 e. The monoisotopic (exact) mass is 296 g/mol. The minimum atomic E-state index is -0.0581. The number of nitrogens with zero attached hydrogens (tertiary/aromatic N) is 5. The second kappa shape index (κ2) is 6.89. The molecule has 0 aliphatic rings. The number of hydrogen-bond donors (Lipinski definition) is 3. The molecule has 0 bridgehead atoms. The molecule has 10 heteroatoms. The first kappa shape index (κ1) is 14.3. The fraction of sp³-hybridized carbons (Fsp3) is 0.500. The summed E-state index contributed by atoms with van der Waals surface area (Å²) in [5.41, 5.74) is 0. The number of carbonyl (C=O) groups excluding carboxylic acids is 1. The highest BCUT2D eigenvalue weighted by atomic mass is 32.2. The average molecular weight is 296 g/mol. The molecular formula is C10H16N8OS. The first-order chi connectivity index (χ1) is 9.65. The Hall–Kier alpha value is -2.10. The van der Waals surface area contributed by atoms with Gasteiger partial charge in [-0.25, -0.2) is 9.67 Å². The van der Waals surface area contributed by atoms with Crippen molar-refractivity contribution in [1.82, 2.24) is 35.3 Å². The summed E-state index contributed by atoms with van der Waals surface area (Å²) in [5, 5.41) is 17.0. The second-order valence-electron chi connectivity index (χ2n) is 3.98. The fourth-order valence-electron chi connectivity index (χ4n) is 1.40. The number of anilines is 1. The molecule has 1 amide bonds. The molecule has 0 aliphatic carbocycles. The number of amides is 1. The molecule has 0 radical (unpaired) electrons. The summed E-state index contributed by atoms with van der Waals surface area (Å²) in [7, 11) is 1.80. The van der Waals surface area contributed by atoms with Crippen molar-refractivity contribution in [3.05, 3.63) is 12.2 Å². The number of aromatic nitrogens is 6. The van der Waals surface area contributed by atoms with Crippen molar-refractivity contribution < 1.29 is 4.79 Å². The zero-order valence-electron chi connectivity index (χ0n) is 11.3. The van der Waals surface area contributed by atoms with Gasteiger partial charge in [-0.15, -0.1) is 5.10 Å². The molecule has 0 atom stereocenters. The van der Waals surface area contributed by atoms with E-state index < -0.39 is 0 Å². The summed E-state index contributed by atoms with van der Waals surface area (Å²) in [6.45, 7) is 2.91. The minimum Gasteiger partial charge on any atom is -0.354 e. The number of thioether (sulfide) groups is 1. The van der Waals surface area contributed by atoms with E-state index in [0.717, 1.165) is 5.82 Å². The number of carbonyl (C=O) groups is 1. The van der Waals surface area contributed by atoms with E-state index in [1.54, 1.807) is 11.7 Å². The van der Waals surface area contributed by atoms with Gasteiger partial charge in [-0.2, -0.15) is 10.1 Å². The van der Waals surface area contributed by atoms with Crippen LogP contribution >= 0.6 is 11.8 Å². The molecule has 2 rings (SSSR count). The summed E-state index contributed by atoms with van der Waals surface area (Å²) in [5.74, 6) is 1.64. The van der Waals surface area contributed by atoms with E-state index in [9.17, 15) is 4.79 Å². The second-order valence-corrected chi connectivity index (χ2v) is 4.92. The van der Waals surface area contributed by atoms with Gasteiger partial charge in [0.05, 0.1) is 5.75 Å². The zero-order valence-corrected chi connectivity index (χ0v) is 12.1. The van der Waals surface area contributed by atoms with Gasteiger partial charge in [-0.3, -0.25) is 9.89 Å². The lowest BCUT2D eigenvalue weighted by Gasteiger charge is -2.06. The molecule has 108 valence electrons. The SMILES string of the molecule is Cc1nc(SCC(=O)NCCNc2ncnn2C)n[nH]1. The van der Waals surface area contributed by atoms with Crippen molar-refractivity contribution in [2.75, 3.05) is 24.2 Å². The van der Waals surface area contributed by atoms with Crippen molar-refractivity contribution >= 4 is 23.6 Å². The highest BCUT2D eigenvalue weighted by Crippen LogP contribution is 2.10. The van der Waals surface area contributed by atoms with Gasteiger partial charge in [0.2, 0.25) is 17.0 Å². The molecule has 0 aromatic carbocycles. The minimum absolute atomic E-state index is 0.0581. The standard InChI is InChI=1S/C10H16N8OS/c1-7-15-10(17-16-7)20-5-8(19)11-3-4-12-9-13-6-14-18(9)2/h6H,3-5H2,1-2H3,(H,11,19)(H,12,13,14)(H,15,16,17). The predicted octanol–water partition coefficient (Wildman–Crippen LogP) is -0.438. The Morgan fingerprint density at radius 2 is 2.35 bits per heavy atom. The van der Waals surface area contributed by atoms with Crippen LogP contribution in [0.5, 0.6) is 0 Å². The summed E-state index contributed by atoms with van der Waals surface area (Å²) in [6.07, 6.45) is 1.47. The van der Waals surface area contributed by atoms with Crippen LogP contribution in [-0.4, -0.2) is 54.7 Å². The molecular weight excluding hydrogens is 280 g/mol. The molecule has 20 heavy (non-hydrogen) atoms. The van der Waals surface area contributed by atoms with Gasteiger partial charge in [0.15, 0.2) is 0 Å². The topological polar surface area (TPSA) is 113 Å². The normalized spacial score (nSPS) is 10.5. The Labute approximate surface area is 120 Å². The van der Waals surface area contributed by atoms with E-state index in [1.807, 2.05) is 6.92 Å². The van der Waals surface area contributed by atoms with E-state index >= 15 is 0 Å². The van der Waals surface area contributed by atoms with Crippen LogP contribution in [0.15, 0.2) is 11.5 Å². The van der Waals surface area contributed by atoms with Crippen LogP contribution in [-0.2, 0) is 11.8 Å². The molecule has 9 nitrogen and oxygen atoms in total. The van der Waals surface area contributed by atoms with E-state index in [2.05, 4.69) is 35.9 Å². The van der Waals surface area contributed by atoms with Crippen LogP contribution in [0.1, 0.15) is 5.82 Å². The number of aryl methyl sites for hydroxylation is 2. The van der Waals surface area contributed by atoms with Gasteiger partial charge in [0.1, 0.15) is 12.2 Å². The van der Waals surface area contributed by atoms with Crippen LogP contribution in [0, 0.1) is 6.92 Å². The van der Waals surface area contributed by atoms with Crippen molar-refractivity contribution in [3.63, 3.8) is 0 Å². The maximum absolute atomic E-state index is 11.6. The lowest BCUT2D eigenvalue weighted by atomic mass is 10.5. The summed E-state index contributed by atoms with van der Waals surface area (Å²) in [6, 6.07) is 0. The highest BCUT2D eigenvalue weighted by Gasteiger charge is 2.06. The molecule has 2 aromatic rings. The number of nitrogens with one attached hydrogen (secondary N) is 3. The Morgan fingerprint density at radius 3 is 3.00 bits per heavy atom. The zero-order chi connectivity index (χ0) is 14.4. The lowest BCUT2D eigenvalue weighted by Crippen LogP contribution is -2.30. The molecule has 0 unspecified atom stereocenters. The predicted molar refractivity (Wildman–Crippen MR) is 74.3 cm³/mol. The Morgan fingerprint density at radius 1 is 1.50 bits per heavy atom. The largest absolute Gasteiger partial charge is 0.354 e. The Balaban J connectivity index is 1.59. The number of rotatable bonds is 7. The number of H-pyrrole nitrogens is 1. The van der Waals surface area contributed by atoms with E-state index in [0.29, 0.717) is 29.9 Å². The van der Waals surface area contributed by atoms with Gasteiger partial charge in [0, 0.05) is 20.1 Å². The van der Waals surface area contributed by atoms with Crippen LogP contribution in [0.2, 0.25) is 0 Å². The molecule has 2 heterocycles. The van der Waals surface area contributed by atoms with Gasteiger partial charge in [0.25, 0.3) is 0 Å². The van der Waals surface area contributed by atoms with Crippen molar-refractivity contribution in [2.45, 2.75) is 12.1 Å². The molecule has 0 aliphatic heterocycles. The number of aromatic amines is 1. The highest BCUT2D eigenvalue weighted by molar-refractivity contribution is 7.99. The van der Waals surface area contributed by atoms with Crippen LogP contribution in [0.25, 0.3) is 0 Å². The van der Waals surface area contributed by atoms with Gasteiger partial charge < -0.3 is 10.6 Å². The van der Waals surface area contributed by atoms with E-state index in [4.69, 9.17) is 0 Å². The third-order valence-corrected chi connectivity index (χ3v) is 3.20. The van der Waals surface area contributed by atoms with Crippen molar-refractivity contribution in [2.24, 2.45) is 7.05 Å². The summed E-state index contributed by atoms with van der Waals surface area (Å²) < 4.78 is 1.63. The van der Waals surface area contributed by atoms with Gasteiger partial charge in [-0.1, -0.05) is 11.8 Å². The Bertz CT molecular complexity index is 565. The van der Waals surface area contributed by atoms with Crippen LogP contribution in [0.3, 0.4) is 0 Å². The lowest BCUT2D eigenvalue weighted by molar-refractivity contribution is -0.118. The molecule has 3 N–H and O–H groups in total. The average Bonchev–Trinajstić information content (AvgIpc) is 3.01. The molecule has 0 saturated carbocycles. The van der Waals surface area contributed by atoms with E-state index in [-0.39, 0.29) is 5.91 Å². The van der Waals surface area contributed by atoms with Gasteiger partial charge in [-0.05, 0) is 6.92 Å². The third-order valence-electron chi connectivity index (χ3n) is 2.35. The van der Waals surface area contributed by atoms with Gasteiger partial charge >= 0.3 is 0 Å².